The first-order chi connectivity index (χ1) is 12.7. The van der Waals surface area contributed by atoms with Gasteiger partial charge in [0.25, 0.3) is 0 Å². The Kier molecular flexibility index (Phi) is 3.69. The quantitative estimate of drug-likeness (QED) is 0.530. The molecule has 0 atom stereocenters. The minimum Gasteiger partial charge on any atom is -0.443 e. The minimum atomic E-state index is -0.686. The molecule has 2 aromatic carbocycles. The summed E-state index contributed by atoms with van der Waals surface area (Å²) < 4.78 is 25.7. The van der Waals surface area contributed by atoms with Crippen molar-refractivity contribution in [3.63, 3.8) is 0 Å². The minimum absolute atomic E-state index is 0.398. The Labute approximate surface area is 153 Å². The lowest BCUT2D eigenvalue weighted by Gasteiger charge is -2.19. The van der Waals surface area contributed by atoms with Crippen LogP contribution < -0.4 is 5.76 Å². The molecule has 0 bridgehead atoms. The number of aromatic nitrogens is 2. The van der Waals surface area contributed by atoms with Crippen molar-refractivity contribution < 1.29 is 18.3 Å². The second kappa shape index (κ2) is 5.84. The van der Waals surface area contributed by atoms with E-state index in [2.05, 4.69) is 4.98 Å². The van der Waals surface area contributed by atoms with E-state index in [1.54, 1.807) is 51.2 Å². The van der Waals surface area contributed by atoms with E-state index in [1.807, 2.05) is 0 Å². The number of hydrogen-bond donors (Lipinski definition) is 1. The lowest BCUT2D eigenvalue weighted by Crippen LogP contribution is -2.26. The van der Waals surface area contributed by atoms with Crippen molar-refractivity contribution in [2.24, 2.45) is 0 Å². The standard InChI is InChI=1S/C20H17FN2O4/c1-20(2,3)27-19(25)23-10-14(13-6-5-12(21)9-16(13)23)11-4-7-15-17(8-11)26-18(24)22-15/h4-10H,1-3H3,(H,22,24). The molecule has 0 fully saturated rings. The van der Waals surface area contributed by atoms with Gasteiger partial charge in [0.1, 0.15) is 11.4 Å². The molecule has 2 heterocycles. The Balaban J connectivity index is 1.92. The maximum Gasteiger partial charge on any atom is 0.419 e. The predicted molar refractivity (Wildman–Crippen MR) is 99.4 cm³/mol. The van der Waals surface area contributed by atoms with E-state index < -0.39 is 23.3 Å². The van der Waals surface area contributed by atoms with Gasteiger partial charge in [-0.1, -0.05) is 6.07 Å². The van der Waals surface area contributed by atoms with Crippen LogP contribution in [0.2, 0.25) is 0 Å². The molecule has 138 valence electrons. The lowest BCUT2D eigenvalue weighted by atomic mass is 10.0. The number of benzene rings is 2. The summed E-state index contributed by atoms with van der Waals surface area (Å²) in [6.45, 7) is 5.29. The molecule has 4 rings (SSSR count). The summed E-state index contributed by atoms with van der Waals surface area (Å²) in [5, 5.41) is 0.680. The van der Waals surface area contributed by atoms with E-state index in [-0.39, 0.29) is 0 Å². The molecule has 0 aliphatic heterocycles. The fourth-order valence-corrected chi connectivity index (χ4v) is 3.01. The van der Waals surface area contributed by atoms with Crippen LogP contribution in [0.5, 0.6) is 0 Å². The zero-order valence-corrected chi connectivity index (χ0v) is 15.0. The zero-order valence-electron chi connectivity index (χ0n) is 15.0. The van der Waals surface area contributed by atoms with E-state index in [1.165, 1.54) is 16.7 Å². The highest BCUT2D eigenvalue weighted by molar-refractivity contribution is 6.01. The average molecular weight is 368 g/mol. The molecule has 0 aliphatic rings. The highest BCUT2D eigenvalue weighted by atomic mass is 19.1. The zero-order chi connectivity index (χ0) is 19.3. The summed E-state index contributed by atoms with van der Waals surface area (Å²) in [5.74, 6) is -0.996. The number of oxazole rings is 1. The molecule has 6 nitrogen and oxygen atoms in total. The maximum atomic E-state index is 13.8. The van der Waals surface area contributed by atoms with Crippen molar-refractivity contribution in [2.75, 3.05) is 0 Å². The van der Waals surface area contributed by atoms with Gasteiger partial charge in [-0.2, -0.15) is 0 Å². The number of carbonyl (C=O) groups excluding carboxylic acids is 1. The van der Waals surface area contributed by atoms with Crippen LogP contribution in [0.4, 0.5) is 9.18 Å². The van der Waals surface area contributed by atoms with Crippen molar-refractivity contribution in [1.29, 1.82) is 0 Å². The normalized spacial score (nSPS) is 12.0. The van der Waals surface area contributed by atoms with Gasteiger partial charge in [0.05, 0.1) is 11.0 Å². The van der Waals surface area contributed by atoms with Gasteiger partial charge < -0.3 is 9.15 Å². The summed E-state index contributed by atoms with van der Waals surface area (Å²) in [5.41, 5.74) is 2.11. The summed E-state index contributed by atoms with van der Waals surface area (Å²) in [6.07, 6.45) is 1.00. The summed E-state index contributed by atoms with van der Waals surface area (Å²) >= 11 is 0. The van der Waals surface area contributed by atoms with Crippen molar-refractivity contribution >= 4 is 28.1 Å². The van der Waals surface area contributed by atoms with Gasteiger partial charge in [-0.3, -0.25) is 9.55 Å². The van der Waals surface area contributed by atoms with Crippen LogP contribution in [-0.2, 0) is 4.74 Å². The number of rotatable bonds is 1. The number of halogens is 1. The molecule has 0 unspecified atom stereocenters. The van der Waals surface area contributed by atoms with Gasteiger partial charge in [0.15, 0.2) is 5.58 Å². The monoisotopic (exact) mass is 368 g/mol. The van der Waals surface area contributed by atoms with E-state index in [9.17, 15) is 14.0 Å². The SMILES string of the molecule is CC(C)(C)OC(=O)n1cc(-c2ccc3[nH]c(=O)oc3c2)c2ccc(F)cc21. The van der Waals surface area contributed by atoms with E-state index in [4.69, 9.17) is 9.15 Å². The van der Waals surface area contributed by atoms with Gasteiger partial charge >= 0.3 is 11.8 Å². The number of aromatic amines is 1. The average Bonchev–Trinajstić information content (AvgIpc) is 3.11. The smallest absolute Gasteiger partial charge is 0.419 e. The number of H-pyrrole nitrogens is 1. The second-order valence-corrected chi connectivity index (χ2v) is 7.28. The molecule has 4 aromatic rings. The Bertz CT molecular complexity index is 1240. The van der Waals surface area contributed by atoms with Crippen LogP contribution >= 0.6 is 0 Å². The van der Waals surface area contributed by atoms with Crippen LogP contribution in [-0.4, -0.2) is 21.2 Å². The highest BCUT2D eigenvalue weighted by Gasteiger charge is 2.22. The number of nitrogens with one attached hydrogen (secondary N) is 1. The maximum absolute atomic E-state index is 13.8. The topological polar surface area (TPSA) is 77.2 Å². The van der Waals surface area contributed by atoms with Gasteiger partial charge in [0.2, 0.25) is 0 Å². The van der Waals surface area contributed by atoms with Crippen LogP contribution in [0.1, 0.15) is 20.8 Å². The number of fused-ring (bicyclic) bond motifs is 2. The lowest BCUT2D eigenvalue weighted by molar-refractivity contribution is 0.0544. The third-order valence-electron chi connectivity index (χ3n) is 4.09. The fraction of sp³-hybridized carbons (Fsp3) is 0.200. The van der Waals surface area contributed by atoms with E-state index >= 15 is 0 Å². The van der Waals surface area contributed by atoms with E-state index in [0.717, 1.165) is 5.56 Å². The molecule has 0 aliphatic carbocycles. The van der Waals surface area contributed by atoms with Crippen LogP contribution in [0.25, 0.3) is 33.1 Å². The van der Waals surface area contributed by atoms with Gasteiger partial charge in [-0.15, -0.1) is 0 Å². The summed E-state index contributed by atoms with van der Waals surface area (Å²) in [4.78, 5) is 26.6. The molecular weight excluding hydrogens is 351 g/mol. The Morgan fingerprint density at radius 3 is 2.70 bits per heavy atom. The van der Waals surface area contributed by atoms with Gasteiger partial charge in [-0.05, 0) is 56.7 Å². The highest BCUT2D eigenvalue weighted by Crippen LogP contribution is 2.33. The Morgan fingerprint density at radius 1 is 1.19 bits per heavy atom. The second-order valence-electron chi connectivity index (χ2n) is 7.28. The predicted octanol–water partition coefficient (Wildman–Crippen LogP) is 4.67. The third kappa shape index (κ3) is 3.12. The summed E-state index contributed by atoms with van der Waals surface area (Å²) in [7, 11) is 0. The number of ether oxygens (including phenoxy) is 1. The number of nitrogens with zero attached hydrogens (tertiary/aromatic N) is 1. The largest absolute Gasteiger partial charge is 0.443 e. The molecule has 0 saturated heterocycles. The Morgan fingerprint density at radius 2 is 1.96 bits per heavy atom. The fourth-order valence-electron chi connectivity index (χ4n) is 3.01. The van der Waals surface area contributed by atoms with Crippen molar-refractivity contribution in [3.8, 4) is 11.1 Å². The van der Waals surface area contributed by atoms with Gasteiger partial charge in [-0.25, -0.2) is 14.0 Å². The first-order valence-corrected chi connectivity index (χ1v) is 8.38. The molecule has 0 amide bonds. The molecule has 1 N–H and O–H groups in total. The third-order valence-corrected chi connectivity index (χ3v) is 4.09. The molecule has 2 aromatic heterocycles. The van der Waals surface area contributed by atoms with Crippen molar-refractivity contribution in [2.45, 2.75) is 26.4 Å². The summed E-state index contributed by atoms with van der Waals surface area (Å²) in [6, 6.07) is 9.45. The molecule has 0 spiro atoms. The van der Waals surface area contributed by atoms with E-state index in [0.29, 0.717) is 27.6 Å². The first kappa shape index (κ1) is 17.1. The molecule has 27 heavy (non-hydrogen) atoms. The molecular formula is C20H17FN2O4. The van der Waals surface area contributed by atoms with Crippen LogP contribution in [0.15, 0.2) is 51.8 Å². The van der Waals surface area contributed by atoms with Crippen molar-refractivity contribution in [1.82, 2.24) is 9.55 Å². The first-order valence-electron chi connectivity index (χ1n) is 8.38. The van der Waals surface area contributed by atoms with Crippen LogP contribution in [0, 0.1) is 5.82 Å². The molecule has 7 heteroatoms. The van der Waals surface area contributed by atoms with Gasteiger partial charge in [0, 0.05) is 17.1 Å². The number of hydrogen-bond acceptors (Lipinski definition) is 4. The molecule has 0 saturated carbocycles. The Hall–Kier alpha value is -3.35. The molecule has 0 radical (unpaired) electrons. The van der Waals surface area contributed by atoms with Crippen molar-refractivity contribution in [3.05, 3.63) is 59.0 Å². The van der Waals surface area contributed by atoms with Crippen LogP contribution in [0.3, 0.4) is 0 Å². The number of carbonyl (C=O) groups is 1.